The molecule has 1 rings (SSSR count). The smallest absolute Gasteiger partial charge is 0.282 e. The number of nitrogens with one attached hydrogen (secondary N) is 2. The van der Waals surface area contributed by atoms with Crippen molar-refractivity contribution in [1.82, 2.24) is 15.5 Å². The number of anilines is 1. The molecular formula is C12H22N4O2S. The molecule has 0 aliphatic rings. The molecule has 0 aromatic carbocycles. The number of hydrogen-bond donors (Lipinski definition) is 2. The van der Waals surface area contributed by atoms with Crippen LogP contribution in [-0.2, 0) is 4.74 Å². The van der Waals surface area contributed by atoms with Gasteiger partial charge in [-0.2, -0.15) is 0 Å². The highest BCUT2D eigenvalue weighted by molar-refractivity contribution is 7.17. The molecular weight excluding hydrogens is 264 g/mol. The molecule has 0 atom stereocenters. The molecule has 0 aliphatic heterocycles. The van der Waals surface area contributed by atoms with Crippen molar-refractivity contribution >= 4 is 22.4 Å². The SMILES string of the molecule is CCNc1nnc(C(=O)NCCCCOC(C)C)s1. The van der Waals surface area contributed by atoms with E-state index in [1.54, 1.807) is 0 Å². The number of rotatable bonds is 9. The van der Waals surface area contributed by atoms with Crippen LogP contribution in [0.5, 0.6) is 0 Å². The lowest BCUT2D eigenvalue weighted by molar-refractivity contribution is 0.0754. The molecule has 0 radical (unpaired) electrons. The molecule has 0 bridgehead atoms. The van der Waals surface area contributed by atoms with E-state index >= 15 is 0 Å². The average molecular weight is 286 g/mol. The van der Waals surface area contributed by atoms with E-state index in [1.165, 1.54) is 11.3 Å². The van der Waals surface area contributed by atoms with Crippen LogP contribution in [-0.4, -0.2) is 41.9 Å². The first-order valence-electron chi connectivity index (χ1n) is 6.60. The van der Waals surface area contributed by atoms with Crippen LogP contribution in [0.3, 0.4) is 0 Å². The monoisotopic (exact) mass is 286 g/mol. The van der Waals surface area contributed by atoms with Crippen LogP contribution in [0.1, 0.15) is 43.4 Å². The van der Waals surface area contributed by atoms with E-state index in [1.807, 2.05) is 20.8 Å². The third-order valence-electron chi connectivity index (χ3n) is 2.26. The fourth-order valence-corrected chi connectivity index (χ4v) is 2.09. The summed E-state index contributed by atoms with van der Waals surface area (Å²) in [6, 6.07) is 0. The van der Waals surface area contributed by atoms with Crippen LogP contribution in [0.25, 0.3) is 0 Å². The maximum Gasteiger partial charge on any atom is 0.282 e. The fraction of sp³-hybridized carbons (Fsp3) is 0.750. The summed E-state index contributed by atoms with van der Waals surface area (Å²) < 4.78 is 5.42. The second-order valence-corrected chi connectivity index (χ2v) is 5.30. The lowest BCUT2D eigenvalue weighted by atomic mass is 10.3. The largest absolute Gasteiger partial charge is 0.379 e. The van der Waals surface area contributed by atoms with Crippen molar-refractivity contribution in [3.05, 3.63) is 5.01 Å². The maximum absolute atomic E-state index is 11.7. The van der Waals surface area contributed by atoms with Crippen molar-refractivity contribution in [1.29, 1.82) is 0 Å². The van der Waals surface area contributed by atoms with Gasteiger partial charge in [0.1, 0.15) is 0 Å². The summed E-state index contributed by atoms with van der Waals surface area (Å²) in [7, 11) is 0. The summed E-state index contributed by atoms with van der Waals surface area (Å²) in [5.74, 6) is -0.161. The van der Waals surface area contributed by atoms with Gasteiger partial charge in [-0.1, -0.05) is 11.3 Å². The summed E-state index contributed by atoms with van der Waals surface area (Å²) in [6.45, 7) is 8.14. The molecule has 0 saturated heterocycles. The first-order valence-corrected chi connectivity index (χ1v) is 7.42. The molecule has 1 heterocycles. The standard InChI is InChI=1S/C12H22N4O2S/c1-4-13-12-16-15-11(19-12)10(17)14-7-5-6-8-18-9(2)3/h9H,4-8H2,1-3H3,(H,13,16)(H,14,17). The highest BCUT2D eigenvalue weighted by Gasteiger charge is 2.11. The molecule has 0 unspecified atom stereocenters. The minimum absolute atomic E-state index is 0.161. The molecule has 1 amide bonds. The summed E-state index contributed by atoms with van der Waals surface area (Å²) in [5, 5.41) is 14.7. The highest BCUT2D eigenvalue weighted by atomic mass is 32.1. The Morgan fingerprint density at radius 3 is 2.84 bits per heavy atom. The molecule has 7 heteroatoms. The van der Waals surface area contributed by atoms with E-state index < -0.39 is 0 Å². The van der Waals surface area contributed by atoms with Gasteiger partial charge in [-0.25, -0.2) is 0 Å². The number of nitrogens with zero attached hydrogens (tertiary/aromatic N) is 2. The number of hydrogen-bond acceptors (Lipinski definition) is 6. The van der Waals surface area contributed by atoms with Gasteiger partial charge in [-0.15, -0.1) is 10.2 Å². The highest BCUT2D eigenvalue weighted by Crippen LogP contribution is 2.14. The zero-order valence-corrected chi connectivity index (χ0v) is 12.5. The first-order chi connectivity index (χ1) is 9.13. The Bertz CT molecular complexity index is 382. The van der Waals surface area contributed by atoms with Crippen molar-refractivity contribution < 1.29 is 9.53 Å². The van der Waals surface area contributed by atoms with Crippen LogP contribution < -0.4 is 10.6 Å². The molecule has 0 aliphatic carbocycles. The van der Waals surface area contributed by atoms with Crippen LogP contribution >= 0.6 is 11.3 Å². The van der Waals surface area contributed by atoms with Gasteiger partial charge in [0.2, 0.25) is 10.1 Å². The zero-order valence-electron chi connectivity index (χ0n) is 11.7. The Kier molecular flexibility index (Phi) is 7.35. The predicted octanol–water partition coefficient (Wildman–Crippen LogP) is 1.90. The van der Waals surface area contributed by atoms with Gasteiger partial charge >= 0.3 is 0 Å². The molecule has 19 heavy (non-hydrogen) atoms. The third-order valence-corrected chi connectivity index (χ3v) is 3.13. The van der Waals surface area contributed by atoms with Crippen molar-refractivity contribution in [2.75, 3.05) is 25.0 Å². The number of unbranched alkanes of at least 4 members (excludes halogenated alkanes) is 1. The van der Waals surface area contributed by atoms with Crippen LogP contribution in [0.2, 0.25) is 0 Å². The van der Waals surface area contributed by atoms with Crippen molar-refractivity contribution in [3.8, 4) is 0 Å². The quantitative estimate of drug-likeness (QED) is 0.678. The van der Waals surface area contributed by atoms with Crippen LogP contribution in [0, 0.1) is 0 Å². The number of ether oxygens (including phenoxy) is 1. The first kappa shape index (κ1) is 15.8. The van der Waals surface area contributed by atoms with E-state index in [2.05, 4.69) is 20.8 Å². The van der Waals surface area contributed by atoms with Gasteiger partial charge in [-0.05, 0) is 33.6 Å². The van der Waals surface area contributed by atoms with E-state index in [9.17, 15) is 4.79 Å². The Morgan fingerprint density at radius 2 is 2.16 bits per heavy atom. The lowest BCUT2D eigenvalue weighted by Gasteiger charge is -2.07. The Hall–Kier alpha value is -1.21. The van der Waals surface area contributed by atoms with E-state index in [-0.39, 0.29) is 12.0 Å². The van der Waals surface area contributed by atoms with E-state index in [4.69, 9.17) is 4.74 Å². The predicted molar refractivity (Wildman–Crippen MR) is 76.7 cm³/mol. The van der Waals surface area contributed by atoms with Crippen LogP contribution in [0.15, 0.2) is 0 Å². The maximum atomic E-state index is 11.7. The molecule has 0 saturated carbocycles. The van der Waals surface area contributed by atoms with Gasteiger partial charge in [0, 0.05) is 19.7 Å². The molecule has 6 nitrogen and oxygen atoms in total. The molecule has 1 aromatic rings. The van der Waals surface area contributed by atoms with Gasteiger partial charge in [-0.3, -0.25) is 4.79 Å². The van der Waals surface area contributed by atoms with E-state index in [0.29, 0.717) is 16.7 Å². The summed E-state index contributed by atoms with van der Waals surface area (Å²) in [6.07, 6.45) is 2.11. The molecule has 1 aromatic heterocycles. The van der Waals surface area contributed by atoms with Gasteiger partial charge in [0.15, 0.2) is 0 Å². The number of carbonyl (C=O) groups is 1. The van der Waals surface area contributed by atoms with Crippen LogP contribution in [0.4, 0.5) is 5.13 Å². The van der Waals surface area contributed by atoms with Gasteiger partial charge < -0.3 is 15.4 Å². The Morgan fingerprint density at radius 1 is 1.37 bits per heavy atom. The van der Waals surface area contributed by atoms with Crippen molar-refractivity contribution in [3.63, 3.8) is 0 Å². The molecule has 2 N–H and O–H groups in total. The molecule has 0 spiro atoms. The summed E-state index contributed by atoms with van der Waals surface area (Å²) in [5.41, 5.74) is 0. The van der Waals surface area contributed by atoms with Gasteiger partial charge in [0.25, 0.3) is 5.91 Å². The molecule has 108 valence electrons. The Balaban J connectivity index is 2.16. The zero-order chi connectivity index (χ0) is 14.1. The second-order valence-electron chi connectivity index (χ2n) is 4.33. The summed E-state index contributed by atoms with van der Waals surface area (Å²) >= 11 is 1.27. The topological polar surface area (TPSA) is 76.1 Å². The Labute approximate surface area is 118 Å². The minimum Gasteiger partial charge on any atom is -0.379 e. The minimum atomic E-state index is -0.161. The normalized spacial score (nSPS) is 10.7. The average Bonchev–Trinajstić information content (AvgIpc) is 2.82. The summed E-state index contributed by atoms with van der Waals surface area (Å²) in [4.78, 5) is 11.7. The number of aromatic nitrogens is 2. The number of amides is 1. The van der Waals surface area contributed by atoms with Gasteiger partial charge in [0.05, 0.1) is 6.10 Å². The van der Waals surface area contributed by atoms with Crippen molar-refractivity contribution in [2.45, 2.75) is 39.7 Å². The second kappa shape index (κ2) is 8.82. The third kappa shape index (κ3) is 6.49. The fourth-order valence-electron chi connectivity index (χ4n) is 1.36. The molecule has 0 fully saturated rings. The number of carbonyl (C=O) groups excluding carboxylic acids is 1. The van der Waals surface area contributed by atoms with E-state index in [0.717, 1.165) is 26.0 Å². The lowest BCUT2D eigenvalue weighted by Crippen LogP contribution is -2.24. The van der Waals surface area contributed by atoms with Crippen molar-refractivity contribution in [2.24, 2.45) is 0 Å².